The number of aromatic nitrogens is 1. The van der Waals surface area contributed by atoms with E-state index in [-0.39, 0.29) is 0 Å². The summed E-state index contributed by atoms with van der Waals surface area (Å²) in [6.07, 6.45) is 3.73. The molecule has 18 heavy (non-hydrogen) atoms. The van der Waals surface area contributed by atoms with E-state index in [4.69, 9.17) is 10.5 Å². The van der Waals surface area contributed by atoms with Gasteiger partial charge in [0.2, 0.25) is 5.88 Å². The number of anilines is 1. The first-order valence-corrected chi connectivity index (χ1v) is 6.78. The summed E-state index contributed by atoms with van der Waals surface area (Å²) >= 11 is 0. The highest BCUT2D eigenvalue weighted by atomic mass is 16.5. The van der Waals surface area contributed by atoms with Crippen LogP contribution in [0.5, 0.6) is 5.88 Å². The predicted octanol–water partition coefficient (Wildman–Crippen LogP) is 2.04. The highest BCUT2D eigenvalue weighted by Crippen LogP contribution is 2.32. The molecule has 1 aromatic heterocycles. The zero-order valence-electron chi connectivity index (χ0n) is 11.3. The molecule has 1 saturated carbocycles. The van der Waals surface area contributed by atoms with E-state index in [1.807, 2.05) is 12.1 Å². The van der Waals surface area contributed by atoms with Crippen LogP contribution in [0.15, 0.2) is 18.2 Å². The topological polar surface area (TPSA) is 51.4 Å². The van der Waals surface area contributed by atoms with E-state index in [1.165, 1.54) is 19.3 Å². The van der Waals surface area contributed by atoms with Crippen molar-refractivity contribution in [3.05, 3.63) is 18.2 Å². The summed E-state index contributed by atoms with van der Waals surface area (Å²) in [5.41, 5.74) is 5.88. The van der Waals surface area contributed by atoms with Gasteiger partial charge in [-0.2, -0.15) is 4.98 Å². The van der Waals surface area contributed by atoms with Crippen LogP contribution >= 0.6 is 0 Å². The fourth-order valence-corrected chi connectivity index (χ4v) is 2.95. The fraction of sp³-hybridized carbons (Fsp3) is 0.643. The minimum absolute atomic E-state index is 0.527. The summed E-state index contributed by atoms with van der Waals surface area (Å²) in [4.78, 5) is 6.91. The lowest BCUT2D eigenvalue weighted by atomic mass is 10.0. The van der Waals surface area contributed by atoms with Gasteiger partial charge >= 0.3 is 0 Å². The summed E-state index contributed by atoms with van der Waals surface area (Å²) in [5, 5.41) is 0. The molecule has 2 rings (SSSR count). The molecule has 0 saturated heterocycles. The van der Waals surface area contributed by atoms with Gasteiger partial charge in [-0.1, -0.05) is 12.5 Å². The van der Waals surface area contributed by atoms with Crippen LogP contribution in [0.1, 0.15) is 26.2 Å². The maximum Gasteiger partial charge on any atom is 0.214 e. The van der Waals surface area contributed by atoms with Gasteiger partial charge < -0.3 is 15.4 Å². The minimum Gasteiger partial charge on any atom is -0.481 e. The Morgan fingerprint density at radius 2 is 2.28 bits per heavy atom. The van der Waals surface area contributed by atoms with E-state index in [0.717, 1.165) is 18.9 Å². The first kappa shape index (κ1) is 13.1. The van der Waals surface area contributed by atoms with Crippen molar-refractivity contribution < 1.29 is 4.74 Å². The molecule has 0 radical (unpaired) electrons. The average Bonchev–Trinajstić information content (AvgIpc) is 2.88. The van der Waals surface area contributed by atoms with Crippen molar-refractivity contribution >= 4 is 5.82 Å². The van der Waals surface area contributed by atoms with Gasteiger partial charge in [-0.15, -0.1) is 0 Å². The number of methoxy groups -OCH3 is 1. The Morgan fingerprint density at radius 1 is 1.44 bits per heavy atom. The van der Waals surface area contributed by atoms with Gasteiger partial charge in [-0.25, -0.2) is 0 Å². The van der Waals surface area contributed by atoms with Crippen LogP contribution in [-0.2, 0) is 0 Å². The molecular formula is C14H23N3O. The van der Waals surface area contributed by atoms with Gasteiger partial charge in [0.25, 0.3) is 0 Å². The van der Waals surface area contributed by atoms with E-state index >= 15 is 0 Å². The highest BCUT2D eigenvalue weighted by Gasteiger charge is 2.31. The van der Waals surface area contributed by atoms with Gasteiger partial charge in [0.1, 0.15) is 5.82 Å². The Hall–Kier alpha value is -1.29. The summed E-state index contributed by atoms with van der Waals surface area (Å²) in [6, 6.07) is 6.46. The number of hydrogen-bond donors (Lipinski definition) is 1. The monoisotopic (exact) mass is 249 g/mol. The van der Waals surface area contributed by atoms with Crippen LogP contribution in [0.4, 0.5) is 5.82 Å². The third-order valence-electron chi connectivity index (χ3n) is 3.87. The second kappa shape index (κ2) is 6.05. The molecule has 1 aliphatic carbocycles. The number of pyridine rings is 1. The predicted molar refractivity (Wildman–Crippen MR) is 74.0 cm³/mol. The number of nitrogens with two attached hydrogens (primary N) is 1. The Balaban J connectivity index is 2.21. The first-order valence-electron chi connectivity index (χ1n) is 6.78. The summed E-state index contributed by atoms with van der Waals surface area (Å²) in [6.45, 7) is 3.90. The standard InChI is InChI=1S/C14H23N3O/c1-3-17(12-7-4-6-11(12)10-15)13-8-5-9-14(16-13)18-2/h5,8-9,11-12H,3-4,6-7,10,15H2,1-2H3. The molecule has 100 valence electrons. The quantitative estimate of drug-likeness (QED) is 0.867. The average molecular weight is 249 g/mol. The molecule has 0 aliphatic heterocycles. The van der Waals surface area contributed by atoms with Crippen molar-refractivity contribution in [2.75, 3.05) is 25.1 Å². The molecule has 0 aromatic carbocycles. The van der Waals surface area contributed by atoms with E-state index in [2.05, 4.69) is 22.9 Å². The normalized spacial score (nSPS) is 23.1. The zero-order valence-corrected chi connectivity index (χ0v) is 11.3. The molecule has 1 aliphatic rings. The highest BCUT2D eigenvalue weighted by molar-refractivity contribution is 5.42. The minimum atomic E-state index is 0.527. The van der Waals surface area contributed by atoms with E-state index in [1.54, 1.807) is 7.11 Å². The van der Waals surface area contributed by atoms with Crippen molar-refractivity contribution in [1.29, 1.82) is 0 Å². The number of hydrogen-bond acceptors (Lipinski definition) is 4. The summed E-state index contributed by atoms with van der Waals surface area (Å²) in [5.74, 6) is 2.27. The number of ether oxygens (including phenoxy) is 1. The molecule has 0 amide bonds. The summed E-state index contributed by atoms with van der Waals surface area (Å²) < 4.78 is 5.20. The van der Waals surface area contributed by atoms with Crippen LogP contribution < -0.4 is 15.4 Å². The second-order valence-electron chi connectivity index (χ2n) is 4.82. The smallest absolute Gasteiger partial charge is 0.214 e. The molecule has 1 aromatic rings. The number of rotatable bonds is 5. The molecule has 2 atom stereocenters. The van der Waals surface area contributed by atoms with Crippen molar-refractivity contribution in [3.63, 3.8) is 0 Å². The third kappa shape index (κ3) is 2.58. The Bertz CT molecular complexity index is 383. The summed E-state index contributed by atoms with van der Waals surface area (Å²) in [7, 11) is 1.65. The molecule has 2 unspecified atom stereocenters. The molecular weight excluding hydrogens is 226 g/mol. The maximum absolute atomic E-state index is 5.88. The zero-order chi connectivity index (χ0) is 13.0. The maximum atomic E-state index is 5.88. The van der Waals surface area contributed by atoms with Gasteiger partial charge in [-0.3, -0.25) is 0 Å². The van der Waals surface area contributed by atoms with Crippen LogP contribution in [0.2, 0.25) is 0 Å². The fourth-order valence-electron chi connectivity index (χ4n) is 2.95. The van der Waals surface area contributed by atoms with Crippen molar-refractivity contribution in [3.8, 4) is 5.88 Å². The molecule has 0 spiro atoms. The van der Waals surface area contributed by atoms with Crippen LogP contribution in [0.25, 0.3) is 0 Å². The lowest BCUT2D eigenvalue weighted by Gasteiger charge is -2.33. The lowest BCUT2D eigenvalue weighted by Crippen LogP contribution is -2.40. The first-order chi connectivity index (χ1) is 8.80. The molecule has 0 bridgehead atoms. The Kier molecular flexibility index (Phi) is 4.42. The van der Waals surface area contributed by atoms with Crippen LogP contribution in [0.3, 0.4) is 0 Å². The lowest BCUT2D eigenvalue weighted by molar-refractivity contribution is 0.396. The van der Waals surface area contributed by atoms with Crippen molar-refractivity contribution in [2.45, 2.75) is 32.2 Å². The van der Waals surface area contributed by atoms with Crippen LogP contribution in [-0.4, -0.2) is 31.2 Å². The largest absolute Gasteiger partial charge is 0.481 e. The van der Waals surface area contributed by atoms with Crippen molar-refractivity contribution in [1.82, 2.24) is 4.98 Å². The molecule has 2 N–H and O–H groups in total. The SMILES string of the molecule is CCN(c1cccc(OC)n1)C1CCCC1CN. The Morgan fingerprint density at radius 3 is 2.94 bits per heavy atom. The van der Waals surface area contributed by atoms with E-state index in [9.17, 15) is 0 Å². The second-order valence-corrected chi connectivity index (χ2v) is 4.82. The van der Waals surface area contributed by atoms with Gasteiger partial charge in [0.15, 0.2) is 0 Å². The molecule has 1 fully saturated rings. The molecule has 4 nitrogen and oxygen atoms in total. The van der Waals surface area contributed by atoms with E-state index in [0.29, 0.717) is 17.8 Å². The van der Waals surface area contributed by atoms with E-state index < -0.39 is 0 Å². The van der Waals surface area contributed by atoms with Crippen LogP contribution in [0, 0.1) is 5.92 Å². The number of nitrogens with zero attached hydrogens (tertiary/aromatic N) is 2. The van der Waals surface area contributed by atoms with Gasteiger partial charge in [0.05, 0.1) is 7.11 Å². The van der Waals surface area contributed by atoms with Gasteiger partial charge in [0, 0.05) is 18.7 Å². The molecule has 4 heteroatoms. The third-order valence-corrected chi connectivity index (χ3v) is 3.87. The van der Waals surface area contributed by atoms with Crippen molar-refractivity contribution in [2.24, 2.45) is 11.7 Å². The van der Waals surface area contributed by atoms with Gasteiger partial charge in [-0.05, 0) is 38.3 Å². The Labute approximate surface area is 109 Å². The molecule has 1 heterocycles.